The van der Waals surface area contributed by atoms with E-state index in [1.165, 1.54) is 0 Å². The zero-order valence-electron chi connectivity index (χ0n) is 13.0. The number of nitrogens with one attached hydrogen (secondary N) is 1. The Morgan fingerprint density at radius 1 is 1.17 bits per heavy atom. The summed E-state index contributed by atoms with van der Waals surface area (Å²) in [6.07, 6.45) is 0. The van der Waals surface area contributed by atoms with Crippen LogP contribution in [-0.2, 0) is 9.53 Å². The van der Waals surface area contributed by atoms with Crippen LogP contribution in [0.3, 0.4) is 0 Å². The Hall–Kier alpha value is -2.08. The smallest absolute Gasteiger partial charge is 0.255 e. The minimum atomic E-state index is -0.0329. The molecule has 122 valence electrons. The molecule has 0 saturated carbocycles. The van der Waals surface area contributed by atoms with Gasteiger partial charge in [0.05, 0.1) is 24.7 Å². The zero-order chi connectivity index (χ0) is 15.8. The second-order valence-corrected chi connectivity index (χ2v) is 6.44. The van der Waals surface area contributed by atoms with Crippen molar-refractivity contribution in [2.45, 2.75) is 0 Å². The third-order valence-electron chi connectivity index (χ3n) is 5.09. The molecule has 0 aromatic heterocycles. The lowest BCUT2D eigenvalue weighted by molar-refractivity contribution is -0.122. The molecule has 0 bridgehead atoms. The Balaban J connectivity index is 1.56. The first kappa shape index (κ1) is 14.5. The van der Waals surface area contributed by atoms with Crippen LogP contribution in [0.4, 0.5) is 5.69 Å². The maximum atomic E-state index is 13.0. The number of carbonyl (C=O) groups excluding carboxylic acids is 2. The van der Waals surface area contributed by atoms with Gasteiger partial charge in [0, 0.05) is 44.3 Å². The second-order valence-electron chi connectivity index (χ2n) is 6.44. The van der Waals surface area contributed by atoms with Crippen molar-refractivity contribution in [3.63, 3.8) is 0 Å². The van der Waals surface area contributed by atoms with E-state index < -0.39 is 0 Å². The summed E-state index contributed by atoms with van der Waals surface area (Å²) in [5, 5.41) is 2.88. The van der Waals surface area contributed by atoms with Gasteiger partial charge in [0.25, 0.3) is 5.91 Å². The maximum absolute atomic E-state index is 13.0. The van der Waals surface area contributed by atoms with Crippen LogP contribution < -0.4 is 10.2 Å². The Kier molecular flexibility index (Phi) is 3.69. The Morgan fingerprint density at radius 2 is 1.96 bits per heavy atom. The number of carbonyl (C=O) groups is 2. The highest BCUT2D eigenvalue weighted by molar-refractivity contribution is 6.00. The van der Waals surface area contributed by atoms with E-state index in [9.17, 15) is 9.59 Å². The number of amides is 2. The van der Waals surface area contributed by atoms with E-state index in [4.69, 9.17) is 4.74 Å². The van der Waals surface area contributed by atoms with Crippen LogP contribution in [0, 0.1) is 11.8 Å². The Morgan fingerprint density at radius 3 is 2.74 bits per heavy atom. The SMILES string of the molecule is O=C1NC[C@H]2CN(C(=O)c3ccccc3N3CCOCC3)C[C@@H]12. The molecule has 1 N–H and O–H groups in total. The molecule has 6 nitrogen and oxygen atoms in total. The molecule has 6 heteroatoms. The fourth-order valence-corrected chi connectivity index (χ4v) is 3.81. The number of fused-ring (bicyclic) bond motifs is 1. The molecule has 2 atom stereocenters. The van der Waals surface area contributed by atoms with Gasteiger partial charge in [-0.25, -0.2) is 0 Å². The van der Waals surface area contributed by atoms with Gasteiger partial charge in [0.15, 0.2) is 0 Å². The van der Waals surface area contributed by atoms with Gasteiger partial charge in [-0.3, -0.25) is 9.59 Å². The van der Waals surface area contributed by atoms with E-state index in [2.05, 4.69) is 10.2 Å². The summed E-state index contributed by atoms with van der Waals surface area (Å²) in [5.74, 6) is 0.359. The van der Waals surface area contributed by atoms with Gasteiger partial charge in [-0.05, 0) is 12.1 Å². The number of nitrogens with zero attached hydrogens (tertiary/aromatic N) is 2. The predicted octanol–water partition coefficient (Wildman–Crippen LogP) is 0.341. The Bertz CT molecular complexity index is 627. The van der Waals surface area contributed by atoms with Crippen LogP contribution >= 0.6 is 0 Å². The highest BCUT2D eigenvalue weighted by Gasteiger charge is 2.44. The Labute approximate surface area is 135 Å². The molecule has 3 fully saturated rings. The quantitative estimate of drug-likeness (QED) is 0.855. The highest BCUT2D eigenvalue weighted by atomic mass is 16.5. The van der Waals surface area contributed by atoms with E-state index in [-0.39, 0.29) is 23.7 Å². The van der Waals surface area contributed by atoms with Crippen molar-refractivity contribution in [2.24, 2.45) is 11.8 Å². The topological polar surface area (TPSA) is 61.9 Å². The van der Waals surface area contributed by atoms with Crippen molar-refractivity contribution in [3.8, 4) is 0 Å². The molecule has 3 aliphatic heterocycles. The van der Waals surface area contributed by atoms with Gasteiger partial charge in [-0.1, -0.05) is 12.1 Å². The summed E-state index contributed by atoms with van der Waals surface area (Å²) in [4.78, 5) is 28.8. The fraction of sp³-hybridized carbons (Fsp3) is 0.529. The molecule has 0 aliphatic carbocycles. The molecular weight excluding hydrogens is 294 g/mol. The average Bonchev–Trinajstić information content (AvgIpc) is 3.17. The van der Waals surface area contributed by atoms with E-state index in [0.717, 1.165) is 24.3 Å². The van der Waals surface area contributed by atoms with Gasteiger partial charge in [0.1, 0.15) is 0 Å². The molecule has 0 unspecified atom stereocenters. The van der Waals surface area contributed by atoms with E-state index in [1.54, 1.807) is 0 Å². The summed E-state index contributed by atoms with van der Waals surface area (Å²) in [6.45, 7) is 4.88. The fourth-order valence-electron chi connectivity index (χ4n) is 3.81. The molecule has 0 radical (unpaired) electrons. The van der Waals surface area contributed by atoms with E-state index in [1.807, 2.05) is 29.2 Å². The van der Waals surface area contributed by atoms with Crippen molar-refractivity contribution in [3.05, 3.63) is 29.8 Å². The number of ether oxygens (including phenoxy) is 1. The van der Waals surface area contributed by atoms with Gasteiger partial charge in [0.2, 0.25) is 5.91 Å². The summed E-state index contributed by atoms with van der Waals surface area (Å²) in [6, 6.07) is 7.76. The zero-order valence-corrected chi connectivity index (χ0v) is 13.0. The molecule has 4 rings (SSSR count). The predicted molar refractivity (Wildman–Crippen MR) is 85.4 cm³/mol. The maximum Gasteiger partial charge on any atom is 0.255 e. The largest absolute Gasteiger partial charge is 0.378 e. The number of benzene rings is 1. The van der Waals surface area contributed by atoms with Crippen LogP contribution in [0.25, 0.3) is 0 Å². The molecule has 3 saturated heterocycles. The van der Waals surface area contributed by atoms with Crippen molar-refractivity contribution < 1.29 is 14.3 Å². The number of rotatable bonds is 2. The normalized spacial score (nSPS) is 27.0. The van der Waals surface area contributed by atoms with Crippen LogP contribution in [0.1, 0.15) is 10.4 Å². The molecular formula is C17H21N3O3. The second kappa shape index (κ2) is 5.85. The average molecular weight is 315 g/mol. The van der Waals surface area contributed by atoms with E-state index in [0.29, 0.717) is 32.8 Å². The van der Waals surface area contributed by atoms with E-state index >= 15 is 0 Å². The van der Waals surface area contributed by atoms with Gasteiger partial charge in [-0.15, -0.1) is 0 Å². The number of anilines is 1. The molecule has 1 aromatic carbocycles. The minimum absolute atomic E-state index is 0.0329. The lowest BCUT2D eigenvalue weighted by Gasteiger charge is -2.31. The first-order valence-electron chi connectivity index (χ1n) is 8.23. The first-order valence-corrected chi connectivity index (χ1v) is 8.23. The van der Waals surface area contributed by atoms with Gasteiger partial charge in [-0.2, -0.15) is 0 Å². The first-order chi connectivity index (χ1) is 11.2. The van der Waals surface area contributed by atoms with Crippen LogP contribution in [0.5, 0.6) is 0 Å². The summed E-state index contributed by atoms with van der Waals surface area (Å²) in [5.41, 5.74) is 1.71. The van der Waals surface area contributed by atoms with Crippen molar-refractivity contribution in [1.29, 1.82) is 0 Å². The third-order valence-corrected chi connectivity index (χ3v) is 5.09. The van der Waals surface area contributed by atoms with Crippen LogP contribution in [0.2, 0.25) is 0 Å². The van der Waals surface area contributed by atoms with Crippen LogP contribution in [-0.4, -0.2) is 62.7 Å². The van der Waals surface area contributed by atoms with Crippen molar-refractivity contribution in [2.75, 3.05) is 50.8 Å². The number of para-hydroxylation sites is 1. The van der Waals surface area contributed by atoms with Gasteiger partial charge < -0.3 is 19.9 Å². The monoisotopic (exact) mass is 315 g/mol. The number of morpholine rings is 1. The van der Waals surface area contributed by atoms with Crippen molar-refractivity contribution >= 4 is 17.5 Å². The summed E-state index contributed by atoms with van der Waals surface area (Å²) >= 11 is 0. The highest BCUT2D eigenvalue weighted by Crippen LogP contribution is 2.30. The molecule has 2 amide bonds. The third kappa shape index (κ3) is 2.57. The number of hydrogen-bond donors (Lipinski definition) is 1. The molecule has 3 heterocycles. The number of hydrogen-bond acceptors (Lipinski definition) is 4. The molecule has 3 aliphatic rings. The summed E-state index contributed by atoms with van der Waals surface area (Å²) < 4.78 is 5.40. The number of likely N-dealkylation sites (tertiary alicyclic amines) is 1. The lowest BCUT2D eigenvalue weighted by atomic mass is 10.0. The molecule has 23 heavy (non-hydrogen) atoms. The molecule has 0 spiro atoms. The standard InChI is InChI=1S/C17H21N3O3/c21-16-14-11-20(10-12(14)9-18-16)17(22)13-3-1-2-4-15(13)19-5-7-23-8-6-19/h1-4,12,14H,5-11H2,(H,18,21)/t12-,14+/m0/s1. The molecule has 1 aromatic rings. The lowest BCUT2D eigenvalue weighted by Crippen LogP contribution is -2.39. The van der Waals surface area contributed by atoms with Crippen LogP contribution in [0.15, 0.2) is 24.3 Å². The van der Waals surface area contributed by atoms with Gasteiger partial charge >= 0.3 is 0 Å². The van der Waals surface area contributed by atoms with Crippen molar-refractivity contribution in [1.82, 2.24) is 10.2 Å². The summed E-state index contributed by atoms with van der Waals surface area (Å²) in [7, 11) is 0. The minimum Gasteiger partial charge on any atom is -0.378 e.